The lowest BCUT2D eigenvalue weighted by Gasteiger charge is -2.27. The Labute approximate surface area is 131 Å². The molecule has 5 heteroatoms. The van der Waals surface area contributed by atoms with Crippen LogP contribution in [0.15, 0.2) is 18.2 Å². The highest BCUT2D eigenvalue weighted by atomic mass is 16.6. The summed E-state index contributed by atoms with van der Waals surface area (Å²) in [6.07, 6.45) is -0.434. The van der Waals surface area contributed by atoms with Gasteiger partial charge in [0, 0.05) is 19.1 Å². The fourth-order valence-electron chi connectivity index (χ4n) is 2.84. The quantitative estimate of drug-likeness (QED) is 0.841. The third-order valence-corrected chi connectivity index (χ3v) is 3.66. The number of hydrogen-bond acceptors (Lipinski definition) is 4. The average Bonchev–Trinajstić information content (AvgIpc) is 2.71. The Kier molecular flexibility index (Phi) is 4.17. The normalized spacial score (nSPS) is 20.5. The van der Waals surface area contributed by atoms with E-state index >= 15 is 0 Å². The van der Waals surface area contributed by atoms with Gasteiger partial charge in [0.1, 0.15) is 11.7 Å². The fourth-order valence-corrected chi connectivity index (χ4v) is 2.84. The van der Waals surface area contributed by atoms with Crippen LogP contribution in [-0.2, 0) is 14.9 Å². The van der Waals surface area contributed by atoms with Crippen LogP contribution in [0.2, 0.25) is 0 Å². The lowest BCUT2D eigenvalue weighted by Crippen LogP contribution is -2.40. The van der Waals surface area contributed by atoms with Gasteiger partial charge in [-0.3, -0.25) is 4.90 Å². The van der Waals surface area contributed by atoms with E-state index in [1.165, 1.54) is 0 Å². The van der Waals surface area contributed by atoms with Crippen molar-refractivity contribution >= 4 is 11.8 Å². The van der Waals surface area contributed by atoms with Crippen molar-refractivity contribution in [2.45, 2.75) is 38.7 Å². The Morgan fingerprint density at radius 2 is 2.14 bits per heavy atom. The van der Waals surface area contributed by atoms with Crippen LogP contribution in [0.1, 0.15) is 38.8 Å². The van der Waals surface area contributed by atoms with Crippen LogP contribution in [0.25, 0.3) is 0 Å². The molecule has 0 unspecified atom stereocenters. The molecule has 0 fully saturated rings. The van der Waals surface area contributed by atoms with Gasteiger partial charge < -0.3 is 9.47 Å². The molecule has 118 valence electrons. The van der Waals surface area contributed by atoms with Crippen LogP contribution in [0.5, 0.6) is 0 Å². The number of carbonyl (C=O) groups excluding carboxylic acids is 1. The van der Waals surface area contributed by atoms with E-state index in [1.807, 2.05) is 39.8 Å². The summed E-state index contributed by atoms with van der Waals surface area (Å²) < 4.78 is 10.8. The van der Waals surface area contributed by atoms with Gasteiger partial charge in [-0.05, 0) is 32.4 Å². The Morgan fingerprint density at radius 1 is 1.45 bits per heavy atom. The number of amides is 1. The number of anilines is 1. The van der Waals surface area contributed by atoms with Crippen molar-refractivity contribution in [1.29, 1.82) is 5.26 Å². The smallest absolute Gasteiger partial charge is 0.414 e. The van der Waals surface area contributed by atoms with Gasteiger partial charge in [-0.2, -0.15) is 5.26 Å². The van der Waals surface area contributed by atoms with Crippen LogP contribution in [0.3, 0.4) is 0 Å². The number of nitrogens with zero attached hydrogens (tertiary/aromatic N) is 2. The number of hydrogen-bond donors (Lipinski definition) is 0. The molecule has 0 saturated carbocycles. The molecule has 1 atom stereocenters. The predicted molar refractivity (Wildman–Crippen MR) is 84.0 cm³/mol. The van der Waals surface area contributed by atoms with Crippen molar-refractivity contribution in [1.82, 2.24) is 0 Å². The Hall–Kier alpha value is -2.06. The summed E-state index contributed by atoms with van der Waals surface area (Å²) in [5.74, 6) is 0. The van der Waals surface area contributed by atoms with Gasteiger partial charge in [-0.25, -0.2) is 4.79 Å². The number of nitriles is 1. The summed E-state index contributed by atoms with van der Waals surface area (Å²) in [7, 11) is 1.63. The summed E-state index contributed by atoms with van der Waals surface area (Å²) in [5.41, 5.74) is 1.12. The first-order valence-corrected chi connectivity index (χ1v) is 7.25. The molecule has 2 rings (SSSR count). The largest absolute Gasteiger partial charge is 0.443 e. The maximum atomic E-state index is 12.5. The van der Waals surface area contributed by atoms with Crippen LogP contribution >= 0.6 is 0 Å². The van der Waals surface area contributed by atoms with E-state index in [4.69, 9.17) is 9.47 Å². The van der Waals surface area contributed by atoms with Crippen LogP contribution in [-0.4, -0.2) is 32.0 Å². The highest BCUT2D eigenvalue weighted by Gasteiger charge is 2.44. The second-order valence-electron chi connectivity index (χ2n) is 6.87. The lowest BCUT2D eigenvalue weighted by atomic mass is 9.85. The van der Waals surface area contributed by atoms with E-state index in [-0.39, 0.29) is 5.41 Å². The second-order valence-corrected chi connectivity index (χ2v) is 6.87. The second kappa shape index (κ2) is 5.62. The zero-order valence-electron chi connectivity index (χ0n) is 13.8. The van der Waals surface area contributed by atoms with Crippen molar-refractivity contribution in [2.24, 2.45) is 0 Å². The summed E-state index contributed by atoms with van der Waals surface area (Å²) in [5, 5.41) is 9.37. The van der Waals surface area contributed by atoms with Gasteiger partial charge in [0.2, 0.25) is 0 Å². The minimum absolute atomic E-state index is 0.353. The molecule has 0 aromatic heterocycles. The molecule has 1 heterocycles. The van der Waals surface area contributed by atoms with Gasteiger partial charge in [0.05, 0.1) is 17.9 Å². The van der Waals surface area contributed by atoms with Gasteiger partial charge >= 0.3 is 6.09 Å². The van der Waals surface area contributed by atoms with Crippen molar-refractivity contribution in [3.63, 3.8) is 0 Å². The molecule has 1 aromatic rings. The number of carbonyl (C=O) groups is 1. The highest BCUT2D eigenvalue weighted by molar-refractivity contribution is 5.93. The van der Waals surface area contributed by atoms with E-state index in [1.54, 1.807) is 18.1 Å². The molecule has 1 aromatic carbocycles. The predicted octanol–water partition coefficient (Wildman–Crippen LogP) is 3.22. The molecule has 5 nitrogen and oxygen atoms in total. The Morgan fingerprint density at radius 3 is 2.68 bits per heavy atom. The highest BCUT2D eigenvalue weighted by Crippen LogP contribution is 2.43. The van der Waals surface area contributed by atoms with Crippen LogP contribution in [0.4, 0.5) is 10.5 Å². The average molecular weight is 302 g/mol. The Bertz CT molecular complexity index is 628. The lowest BCUT2D eigenvalue weighted by molar-refractivity contribution is 0.0571. The molecule has 0 bridgehead atoms. The molecule has 1 aliphatic rings. The summed E-state index contributed by atoms with van der Waals surface area (Å²) >= 11 is 0. The number of benzene rings is 1. The Balaban J connectivity index is 2.49. The molecular weight excluding hydrogens is 280 g/mol. The molecule has 0 N–H and O–H groups in total. The molecule has 1 amide bonds. The maximum Gasteiger partial charge on any atom is 0.414 e. The summed E-state index contributed by atoms with van der Waals surface area (Å²) in [6.45, 7) is 8.41. The first-order chi connectivity index (χ1) is 10.2. The maximum absolute atomic E-state index is 12.5. The number of methoxy groups -OCH3 is 1. The third kappa shape index (κ3) is 2.93. The van der Waals surface area contributed by atoms with Gasteiger partial charge in [-0.15, -0.1) is 0 Å². The number of para-hydroxylation sites is 1. The number of fused-ring (bicyclic) bond motifs is 1. The van der Waals surface area contributed by atoms with Gasteiger partial charge in [0.15, 0.2) is 0 Å². The number of rotatable bonds is 2. The van der Waals surface area contributed by atoms with Gasteiger partial charge in [0.25, 0.3) is 0 Å². The summed E-state index contributed by atoms with van der Waals surface area (Å²) in [6, 6.07) is 7.66. The van der Waals surface area contributed by atoms with Gasteiger partial charge in [-0.1, -0.05) is 19.1 Å². The minimum atomic E-state index is -0.584. The van der Waals surface area contributed by atoms with E-state index in [9.17, 15) is 10.1 Å². The summed E-state index contributed by atoms with van der Waals surface area (Å²) in [4.78, 5) is 14.1. The monoisotopic (exact) mass is 302 g/mol. The van der Waals surface area contributed by atoms with E-state index in [0.29, 0.717) is 24.4 Å². The van der Waals surface area contributed by atoms with E-state index < -0.39 is 11.7 Å². The fraction of sp³-hybridized carbons (Fsp3) is 0.529. The zero-order valence-corrected chi connectivity index (χ0v) is 13.8. The van der Waals surface area contributed by atoms with E-state index in [0.717, 1.165) is 5.56 Å². The third-order valence-electron chi connectivity index (χ3n) is 3.66. The molecule has 0 spiro atoms. The molecule has 0 saturated heterocycles. The standard InChI is InChI=1S/C17H22N2O3/c1-16(2,3)22-15(20)19-10-17(4,11-21-5)13-8-6-7-12(9-18)14(13)19/h6-8H,10-11H2,1-5H3/t17-/m1/s1. The first kappa shape index (κ1) is 16.3. The molecule has 0 radical (unpaired) electrons. The molecular formula is C17H22N2O3. The number of ether oxygens (including phenoxy) is 2. The van der Waals surface area contributed by atoms with E-state index in [2.05, 4.69) is 6.07 Å². The van der Waals surface area contributed by atoms with Crippen molar-refractivity contribution in [3.8, 4) is 6.07 Å². The topological polar surface area (TPSA) is 62.6 Å². The molecule has 1 aliphatic heterocycles. The zero-order chi connectivity index (χ0) is 16.5. The minimum Gasteiger partial charge on any atom is -0.443 e. The van der Waals surface area contributed by atoms with Crippen molar-refractivity contribution < 1.29 is 14.3 Å². The van der Waals surface area contributed by atoms with Crippen LogP contribution in [0, 0.1) is 11.3 Å². The molecule has 0 aliphatic carbocycles. The van der Waals surface area contributed by atoms with Crippen LogP contribution < -0.4 is 4.90 Å². The van der Waals surface area contributed by atoms with Crippen molar-refractivity contribution in [2.75, 3.05) is 25.2 Å². The SMILES string of the molecule is COC[C@@]1(C)CN(C(=O)OC(C)(C)C)c2c(C#N)cccc21. The first-order valence-electron chi connectivity index (χ1n) is 7.25. The molecule has 22 heavy (non-hydrogen) atoms. The van der Waals surface area contributed by atoms with Crippen molar-refractivity contribution in [3.05, 3.63) is 29.3 Å².